The van der Waals surface area contributed by atoms with Crippen LogP contribution >= 0.6 is 0 Å². The Morgan fingerprint density at radius 3 is 2.44 bits per heavy atom. The van der Waals surface area contributed by atoms with E-state index < -0.39 is 9.84 Å². The third kappa shape index (κ3) is 3.61. The van der Waals surface area contributed by atoms with Gasteiger partial charge in [-0.15, -0.1) is 11.8 Å². The van der Waals surface area contributed by atoms with Crippen molar-refractivity contribution in [2.45, 2.75) is 44.3 Å². The number of sulfone groups is 1. The summed E-state index contributed by atoms with van der Waals surface area (Å²) in [5.74, 6) is 6.20. The second-order valence-corrected chi connectivity index (χ2v) is 7.24. The molecule has 0 amide bonds. The Balaban J connectivity index is 3.03. The summed E-state index contributed by atoms with van der Waals surface area (Å²) in [5, 5.41) is -0.388. The molecule has 0 spiro atoms. The highest BCUT2D eigenvalue weighted by atomic mass is 32.2. The average Bonchev–Trinajstić information content (AvgIpc) is 2.29. The third-order valence-electron chi connectivity index (χ3n) is 2.78. The van der Waals surface area contributed by atoms with E-state index >= 15 is 0 Å². The Bertz CT molecular complexity index is 560. The van der Waals surface area contributed by atoms with E-state index in [2.05, 4.69) is 11.8 Å². The van der Waals surface area contributed by atoms with Gasteiger partial charge in [0.25, 0.3) is 0 Å². The zero-order valence-electron chi connectivity index (χ0n) is 11.4. The first-order valence-corrected chi connectivity index (χ1v) is 7.67. The van der Waals surface area contributed by atoms with E-state index in [-0.39, 0.29) is 11.2 Å². The summed E-state index contributed by atoms with van der Waals surface area (Å²) >= 11 is 0. The van der Waals surface area contributed by atoms with Gasteiger partial charge in [0.2, 0.25) is 0 Å². The largest absolute Gasteiger partial charge is 0.223 e. The highest BCUT2D eigenvalue weighted by molar-refractivity contribution is 7.92. The molecular weight excluding hydrogens is 244 g/mol. The predicted molar refractivity (Wildman–Crippen MR) is 75.1 cm³/mol. The molecule has 18 heavy (non-hydrogen) atoms. The fraction of sp³-hybridized carbons (Fsp3) is 0.467. The van der Waals surface area contributed by atoms with E-state index in [1.54, 1.807) is 32.0 Å². The molecule has 1 aromatic rings. The predicted octanol–water partition coefficient (Wildman–Crippen LogP) is 3.07. The molecule has 0 aliphatic rings. The van der Waals surface area contributed by atoms with Crippen molar-refractivity contribution < 1.29 is 8.42 Å². The van der Waals surface area contributed by atoms with Crippen molar-refractivity contribution in [3.05, 3.63) is 29.8 Å². The van der Waals surface area contributed by atoms with Gasteiger partial charge < -0.3 is 0 Å². The van der Waals surface area contributed by atoms with Crippen LogP contribution in [-0.4, -0.2) is 13.7 Å². The van der Waals surface area contributed by atoms with E-state index in [0.717, 1.165) is 12.0 Å². The molecule has 1 rings (SSSR count). The van der Waals surface area contributed by atoms with Crippen molar-refractivity contribution in [3.8, 4) is 11.8 Å². The van der Waals surface area contributed by atoms with Gasteiger partial charge in [0, 0.05) is 5.92 Å². The van der Waals surface area contributed by atoms with Crippen molar-refractivity contribution in [1.29, 1.82) is 0 Å². The summed E-state index contributed by atoms with van der Waals surface area (Å²) in [6, 6.07) is 7.18. The van der Waals surface area contributed by atoms with Gasteiger partial charge >= 0.3 is 0 Å². The van der Waals surface area contributed by atoms with Crippen LogP contribution in [0.25, 0.3) is 0 Å². The van der Waals surface area contributed by atoms with Gasteiger partial charge in [0.1, 0.15) is 0 Å². The Morgan fingerprint density at radius 1 is 1.22 bits per heavy atom. The fourth-order valence-electron chi connectivity index (χ4n) is 1.77. The van der Waals surface area contributed by atoms with Crippen LogP contribution in [0.2, 0.25) is 0 Å². The molecule has 0 bridgehead atoms. The lowest BCUT2D eigenvalue weighted by Gasteiger charge is -2.10. The summed E-state index contributed by atoms with van der Waals surface area (Å²) < 4.78 is 24.1. The minimum Gasteiger partial charge on any atom is -0.223 e. The molecular formula is C15H20O2S. The molecule has 3 heteroatoms. The summed E-state index contributed by atoms with van der Waals surface area (Å²) in [4.78, 5) is 0.409. The summed E-state index contributed by atoms with van der Waals surface area (Å²) in [6.45, 7) is 7.26. The first-order valence-electron chi connectivity index (χ1n) is 6.13. The van der Waals surface area contributed by atoms with Crippen LogP contribution in [0, 0.1) is 17.8 Å². The fourth-order valence-corrected chi connectivity index (χ4v) is 2.90. The topological polar surface area (TPSA) is 34.1 Å². The van der Waals surface area contributed by atoms with Gasteiger partial charge in [-0.3, -0.25) is 0 Å². The highest BCUT2D eigenvalue weighted by Gasteiger charge is 2.19. The minimum absolute atomic E-state index is 0.243. The molecule has 2 nitrogen and oxygen atoms in total. The molecule has 0 aliphatic carbocycles. The Labute approximate surface area is 110 Å². The standard InChI is InChI=1S/C15H20O2S/c1-5-7-13(4)10-14-8-6-9-15(11-14)18(16,17)12(2)3/h6,8-9,11-13H,10H2,1-4H3. The van der Waals surface area contributed by atoms with Crippen LogP contribution in [0.5, 0.6) is 0 Å². The van der Waals surface area contributed by atoms with Crippen LogP contribution in [0.3, 0.4) is 0 Å². The van der Waals surface area contributed by atoms with E-state index in [9.17, 15) is 8.42 Å². The molecule has 98 valence electrons. The lowest BCUT2D eigenvalue weighted by molar-refractivity contribution is 0.587. The van der Waals surface area contributed by atoms with Gasteiger partial charge in [-0.1, -0.05) is 19.1 Å². The van der Waals surface area contributed by atoms with Gasteiger partial charge in [0.05, 0.1) is 10.1 Å². The molecule has 1 aromatic carbocycles. The zero-order valence-corrected chi connectivity index (χ0v) is 12.2. The Kier molecular flexibility index (Phi) is 4.98. The zero-order chi connectivity index (χ0) is 13.8. The van der Waals surface area contributed by atoms with Crippen molar-refractivity contribution in [2.24, 2.45) is 5.92 Å². The van der Waals surface area contributed by atoms with Crippen LogP contribution < -0.4 is 0 Å². The number of rotatable bonds is 4. The SMILES string of the molecule is CC#CC(C)Cc1cccc(S(=O)(=O)C(C)C)c1. The molecule has 1 unspecified atom stereocenters. The van der Waals surface area contributed by atoms with Crippen molar-refractivity contribution in [2.75, 3.05) is 0 Å². The molecule has 0 saturated carbocycles. The second kappa shape index (κ2) is 6.06. The molecule has 1 atom stereocenters. The summed E-state index contributed by atoms with van der Waals surface area (Å²) in [5.41, 5.74) is 1.02. The monoisotopic (exact) mass is 264 g/mol. The normalized spacial score (nSPS) is 12.9. The Morgan fingerprint density at radius 2 is 1.89 bits per heavy atom. The highest BCUT2D eigenvalue weighted by Crippen LogP contribution is 2.18. The van der Waals surface area contributed by atoms with Crippen LogP contribution in [0.1, 0.15) is 33.3 Å². The van der Waals surface area contributed by atoms with Crippen molar-refractivity contribution in [1.82, 2.24) is 0 Å². The van der Waals surface area contributed by atoms with E-state index in [1.807, 2.05) is 19.9 Å². The Hall–Kier alpha value is -1.27. The molecule has 0 aliphatic heterocycles. The van der Waals surface area contributed by atoms with E-state index in [1.165, 1.54) is 0 Å². The molecule has 0 heterocycles. The molecule has 0 N–H and O–H groups in total. The van der Waals surface area contributed by atoms with Gasteiger partial charge in [-0.25, -0.2) is 8.42 Å². The van der Waals surface area contributed by atoms with Crippen LogP contribution in [-0.2, 0) is 16.3 Å². The van der Waals surface area contributed by atoms with Crippen LogP contribution in [0.15, 0.2) is 29.2 Å². The average molecular weight is 264 g/mol. The minimum atomic E-state index is -3.18. The maximum Gasteiger partial charge on any atom is 0.180 e. The number of hydrogen-bond acceptors (Lipinski definition) is 2. The second-order valence-electron chi connectivity index (χ2n) is 4.74. The van der Waals surface area contributed by atoms with Gasteiger partial charge in [-0.05, 0) is 44.9 Å². The lowest BCUT2D eigenvalue weighted by Crippen LogP contribution is -2.14. The van der Waals surface area contributed by atoms with Crippen molar-refractivity contribution >= 4 is 9.84 Å². The quantitative estimate of drug-likeness (QED) is 0.783. The van der Waals surface area contributed by atoms with Crippen LogP contribution in [0.4, 0.5) is 0 Å². The van der Waals surface area contributed by atoms with Crippen molar-refractivity contribution in [3.63, 3.8) is 0 Å². The first kappa shape index (κ1) is 14.8. The van der Waals surface area contributed by atoms with Gasteiger partial charge in [0.15, 0.2) is 9.84 Å². The third-order valence-corrected chi connectivity index (χ3v) is 4.93. The maximum absolute atomic E-state index is 12.1. The summed E-state index contributed by atoms with van der Waals surface area (Å²) in [6.07, 6.45) is 0.780. The molecule has 0 radical (unpaired) electrons. The first-order chi connectivity index (χ1) is 8.37. The molecule has 0 saturated heterocycles. The summed E-state index contributed by atoms with van der Waals surface area (Å²) in [7, 11) is -3.18. The molecule has 0 fully saturated rings. The maximum atomic E-state index is 12.1. The van der Waals surface area contributed by atoms with E-state index in [0.29, 0.717) is 4.90 Å². The number of hydrogen-bond donors (Lipinski definition) is 0. The number of benzene rings is 1. The van der Waals surface area contributed by atoms with E-state index in [4.69, 9.17) is 0 Å². The smallest absolute Gasteiger partial charge is 0.180 e. The molecule has 0 aromatic heterocycles. The van der Waals surface area contributed by atoms with Gasteiger partial charge in [-0.2, -0.15) is 0 Å². The lowest BCUT2D eigenvalue weighted by atomic mass is 10.0.